The number of anilines is 1. The van der Waals surface area contributed by atoms with Crippen molar-refractivity contribution in [3.05, 3.63) is 12.7 Å². The van der Waals surface area contributed by atoms with Crippen molar-refractivity contribution in [1.29, 1.82) is 0 Å². The number of imidazole rings is 1. The second-order valence-electron chi connectivity index (χ2n) is 9.04. The van der Waals surface area contributed by atoms with Gasteiger partial charge in [0.2, 0.25) is 5.91 Å². The maximum Gasteiger partial charge on any atom is 2.00 e. The molecule has 1 radical (unpaired) electrons. The quantitative estimate of drug-likeness (QED) is 0.131. The van der Waals surface area contributed by atoms with Crippen molar-refractivity contribution in [3.63, 3.8) is 0 Å². The maximum atomic E-state index is 12.7. The zero-order valence-electron chi connectivity index (χ0n) is 21.0. The molecule has 0 saturated carbocycles. The molecule has 0 bridgehead atoms. The molecular weight excluding hydrogens is 548 g/mol. The van der Waals surface area contributed by atoms with Crippen LogP contribution >= 0.6 is 0 Å². The monoisotopic (exact) mass is 583 g/mol. The Hall–Kier alpha value is -2.43. The molecule has 0 aliphatic carbocycles. The first kappa shape index (κ1) is 30.1. The molecule has 2 aromatic heterocycles. The Balaban J connectivity index is 0.00000400. The van der Waals surface area contributed by atoms with Crippen LogP contribution in [0.25, 0.3) is 11.2 Å². The van der Waals surface area contributed by atoms with E-state index < -0.39 is 30.4 Å². The van der Waals surface area contributed by atoms with Gasteiger partial charge < -0.3 is 46.9 Å². The predicted molar refractivity (Wildman–Crippen MR) is 133 cm³/mol. The fourth-order valence-electron chi connectivity index (χ4n) is 4.39. The summed E-state index contributed by atoms with van der Waals surface area (Å²) in [6, 6.07) is 0. The van der Waals surface area contributed by atoms with Crippen LogP contribution in [0.5, 0.6) is 0 Å². The molecule has 2 saturated heterocycles. The number of aliphatic hydroxyl groups excluding tert-OH is 2. The molecule has 38 heavy (non-hydrogen) atoms. The molecule has 8 N–H and O–H groups in total. The number of aliphatic hydroxyl groups is 2. The molecule has 2 aliphatic heterocycles. The predicted octanol–water partition coefficient (Wildman–Crippen LogP) is -3.47. The Morgan fingerprint density at radius 2 is 1.68 bits per heavy atom. The van der Waals surface area contributed by atoms with Gasteiger partial charge in [-0.3, -0.25) is 14.2 Å². The van der Waals surface area contributed by atoms with Gasteiger partial charge in [0, 0.05) is 65.3 Å². The molecule has 4 rings (SSSR count). The number of carbonyl (C=O) groups excluding carboxylic acids is 2. The van der Waals surface area contributed by atoms with E-state index in [0.717, 1.165) is 39.3 Å². The zero-order valence-corrected chi connectivity index (χ0v) is 21.9. The van der Waals surface area contributed by atoms with Gasteiger partial charge in [-0.05, 0) is 6.42 Å². The largest absolute Gasteiger partial charge is 2.00 e. The smallest absolute Gasteiger partial charge is 0.387 e. The summed E-state index contributed by atoms with van der Waals surface area (Å²) < 4.78 is 7.10. The molecule has 2 aromatic rings. The molecule has 0 aromatic carbocycles. The van der Waals surface area contributed by atoms with Gasteiger partial charge in [0.25, 0.3) is 5.91 Å². The number of carbonyl (C=O) groups is 2. The maximum absolute atomic E-state index is 12.7. The van der Waals surface area contributed by atoms with Crippen LogP contribution in [-0.4, -0.2) is 124 Å². The van der Waals surface area contributed by atoms with Crippen molar-refractivity contribution >= 4 is 28.8 Å². The first-order valence-electron chi connectivity index (χ1n) is 12.6. The summed E-state index contributed by atoms with van der Waals surface area (Å²) in [5, 5.41) is 33.7. The van der Waals surface area contributed by atoms with Crippen molar-refractivity contribution in [3.8, 4) is 0 Å². The van der Waals surface area contributed by atoms with Crippen molar-refractivity contribution < 1.29 is 41.6 Å². The van der Waals surface area contributed by atoms with Crippen molar-refractivity contribution in [2.75, 3.05) is 64.6 Å². The van der Waals surface area contributed by atoms with Crippen LogP contribution in [0.3, 0.4) is 0 Å². The first-order valence-corrected chi connectivity index (χ1v) is 12.6. The molecule has 15 nitrogen and oxygen atoms in total. The van der Waals surface area contributed by atoms with E-state index in [-0.39, 0.29) is 41.8 Å². The first-order chi connectivity index (χ1) is 18.0. The fraction of sp³-hybridized carbons (Fsp3) is 0.682. The van der Waals surface area contributed by atoms with E-state index in [1.54, 1.807) is 0 Å². The number of hydrogen-bond donors (Lipinski definition) is 7. The number of nitrogen functional groups attached to an aromatic ring is 1. The van der Waals surface area contributed by atoms with Crippen LogP contribution in [0.2, 0.25) is 0 Å². The van der Waals surface area contributed by atoms with Crippen LogP contribution < -0.4 is 27.0 Å². The number of ether oxygens (including phenoxy) is 1. The minimum atomic E-state index is -1.46. The molecule has 4 atom stereocenters. The summed E-state index contributed by atoms with van der Waals surface area (Å²) in [7, 11) is 0. The van der Waals surface area contributed by atoms with Gasteiger partial charge in [0.15, 0.2) is 23.8 Å². The second-order valence-corrected chi connectivity index (χ2v) is 9.04. The van der Waals surface area contributed by atoms with E-state index in [4.69, 9.17) is 10.5 Å². The standard InChI is InChI=1S/C22H36N10O5.Cu/c23-19-15-20(29-12-28-19)32(13-30-15)22-17(35)16(34)18(37-22)21(36)27-3-1-2-14(33)31-10-8-25-6-4-24-5-7-26-9-11-31;/h12-13,16-18,22,24-26,34-35H,1-11H2,(H,27,36)(H2,23,28,29);/q;+2/t16-,17+,18-,22+;/m0./s1. The third kappa shape index (κ3) is 7.36. The molecule has 16 heteroatoms. The van der Waals surface area contributed by atoms with Gasteiger partial charge in [-0.25, -0.2) is 15.0 Å². The van der Waals surface area contributed by atoms with E-state index in [9.17, 15) is 19.8 Å². The summed E-state index contributed by atoms with van der Waals surface area (Å²) in [5.74, 6) is -0.388. The van der Waals surface area contributed by atoms with Crippen molar-refractivity contribution in [1.82, 2.24) is 45.7 Å². The number of nitrogens with one attached hydrogen (secondary N) is 4. The Kier molecular flexibility index (Phi) is 11.6. The molecule has 4 heterocycles. The Bertz CT molecular complexity index is 1050. The minimum Gasteiger partial charge on any atom is -0.387 e. The molecule has 2 amide bonds. The second kappa shape index (κ2) is 14.6. The topological polar surface area (TPSA) is 205 Å². The SMILES string of the molecule is Nc1ncnc2c1ncn2[C@@H]1O[C@H](C(=O)NCCCC(=O)N2CCNCCNCCNCC2)[C@@H](O)[C@H]1O.[Cu+2]. The molecule has 0 unspecified atom stereocenters. The third-order valence-electron chi connectivity index (χ3n) is 6.45. The van der Waals surface area contributed by atoms with E-state index in [0.29, 0.717) is 30.7 Å². The van der Waals surface area contributed by atoms with Gasteiger partial charge in [0.1, 0.15) is 24.1 Å². The number of nitrogens with zero attached hydrogens (tertiary/aromatic N) is 5. The number of hydrogen-bond acceptors (Lipinski definition) is 12. The number of rotatable bonds is 6. The van der Waals surface area contributed by atoms with Crippen LogP contribution in [0.4, 0.5) is 5.82 Å². The fourth-order valence-corrected chi connectivity index (χ4v) is 4.39. The number of nitrogens with two attached hydrogens (primary N) is 1. The van der Waals surface area contributed by atoms with Crippen LogP contribution in [0, 0.1) is 0 Å². The average Bonchev–Trinajstić information content (AvgIpc) is 3.44. The van der Waals surface area contributed by atoms with Gasteiger partial charge in [0.05, 0.1) is 6.33 Å². The van der Waals surface area contributed by atoms with E-state index in [1.165, 1.54) is 17.2 Å². The van der Waals surface area contributed by atoms with Gasteiger partial charge in [-0.1, -0.05) is 0 Å². The normalized spacial score (nSPS) is 25.3. The Morgan fingerprint density at radius 3 is 2.37 bits per heavy atom. The molecule has 2 fully saturated rings. The summed E-state index contributed by atoms with van der Waals surface area (Å²) >= 11 is 0. The van der Waals surface area contributed by atoms with Crippen molar-refractivity contribution in [2.45, 2.75) is 37.4 Å². The third-order valence-corrected chi connectivity index (χ3v) is 6.45. The molecule has 2 aliphatic rings. The van der Waals surface area contributed by atoms with Gasteiger partial charge >= 0.3 is 17.1 Å². The summed E-state index contributed by atoms with van der Waals surface area (Å²) in [5.41, 5.74) is 6.44. The van der Waals surface area contributed by atoms with Crippen LogP contribution in [0.1, 0.15) is 19.1 Å². The van der Waals surface area contributed by atoms with Gasteiger partial charge in [-0.15, -0.1) is 0 Å². The number of aromatic nitrogens is 4. The molecular formula is C22H36CuN10O5+2. The van der Waals surface area contributed by atoms with Crippen LogP contribution in [0.15, 0.2) is 12.7 Å². The van der Waals surface area contributed by atoms with Crippen molar-refractivity contribution in [2.24, 2.45) is 0 Å². The summed E-state index contributed by atoms with van der Waals surface area (Å²) in [6.07, 6.45) is -1.90. The Morgan fingerprint density at radius 1 is 1.03 bits per heavy atom. The van der Waals surface area contributed by atoms with E-state index >= 15 is 0 Å². The molecule has 0 spiro atoms. The van der Waals surface area contributed by atoms with Gasteiger partial charge in [-0.2, -0.15) is 0 Å². The van der Waals surface area contributed by atoms with E-state index in [2.05, 4.69) is 36.2 Å². The zero-order chi connectivity index (χ0) is 26.2. The Labute approximate surface area is 230 Å². The van der Waals surface area contributed by atoms with E-state index in [1.807, 2.05) is 4.90 Å². The summed E-state index contributed by atoms with van der Waals surface area (Å²) in [6.45, 7) is 6.36. The summed E-state index contributed by atoms with van der Waals surface area (Å²) in [4.78, 5) is 39.4. The number of fused-ring (bicyclic) bond motifs is 1. The average molecular weight is 584 g/mol. The minimum absolute atomic E-state index is 0. The molecule has 213 valence electrons. The number of amides is 2. The van der Waals surface area contributed by atoms with Crippen LogP contribution in [-0.2, 0) is 31.4 Å².